The van der Waals surface area contributed by atoms with Crippen LogP contribution in [0.3, 0.4) is 0 Å². The summed E-state index contributed by atoms with van der Waals surface area (Å²) in [7, 11) is 0. The van der Waals surface area contributed by atoms with Gasteiger partial charge in [0.1, 0.15) is 11.8 Å². The number of thioether (sulfide) groups is 1. The first-order valence-corrected chi connectivity index (χ1v) is 10.3. The predicted octanol–water partition coefficient (Wildman–Crippen LogP) is 2.62. The van der Waals surface area contributed by atoms with Crippen molar-refractivity contribution in [3.63, 3.8) is 0 Å². The number of rotatable bonds is 10. The van der Waals surface area contributed by atoms with Crippen molar-refractivity contribution in [3.05, 3.63) is 59.5 Å². The van der Waals surface area contributed by atoms with E-state index in [1.54, 1.807) is 49.0 Å². The molecule has 0 saturated carbocycles. The maximum absolute atomic E-state index is 12.6. The molecule has 1 heterocycles. The maximum Gasteiger partial charge on any atom is 0.374 e. The van der Waals surface area contributed by atoms with E-state index < -0.39 is 12.0 Å². The van der Waals surface area contributed by atoms with E-state index in [0.29, 0.717) is 17.7 Å². The lowest BCUT2D eigenvalue weighted by Gasteiger charge is -2.18. The van der Waals surface area contributed by atoms with Crippen molar-refractivity contribution >= 4 is 29.5 Å². The molecule has 1 aromatic heterocycles. The first-order chi connectivity index (χ1) is 13.5. The molecule has 0 aliphatic carbocycles. The van der Waals surface area contributed by atoms with Crippen LogP contribution < -0.4 is 10.6 Å². The molecule has 0 aliphatic rings. The Morgan fingerprint density at radius 3 is 2.57 bits per heavy atom. The third-order valence-corrected chi connectivity index (χ3v) is 4.49. The van der Waals surface area contributed by atoms with Gasteiger partial charge in [-0.3, -0.25) is 9.59 Å². The SMILES string of the molecule is CCOC(=O)c1ccc(CNC(=O)C(CCSC)NC(=O)c2ccccc2)o1. The maximum atomic E-state index is 12.6. The van der Waals surface area contributed by atoms with Gasteiger partial charge in [0, 0.05) is 5.56 Å². The molecule has 8 heteroatoms. The number of benzene rings is 1. The van der Waals surface area contributed by atoms with Crippen molar-refractivity contribution < 1.29 is 23.5 Å². The van der Waals surface area contributed by atoms with Crippen LogP contribution in [-0.4, -0.2) is 42.4 Å². The third-order valence-electron chi connectivity index (χ3n) is 3.84. The van der Waals surface area contributed by atoms with Crippen molar-refractivity contribution in [2.75, 3.05) is 18.6 Å². The molecule has 0 bridgehead atoms. The fraction of sp³-hybridized carbons (Fsp3) is 0.350. The highest BCUT2D eigenvalue weighted by molar-refractivity contribution is 7.98. The summed E-state index contributed by atoms with van der Waals surface area (Å²) in [5.74, 6) is 0.0720. The zero-order chi connectivity index (χ0) is 20.4. The van der Waals surface area contributed by atoms with Crippen molar-refractivity contribution in [1.82, 2.24) is 10.6 Å². The summed E-state index contributed by atoms with van der Waals surface area (Å²) in [5.41, 5.74) is 0.495. The molecule has 2 N–H and O–H groups in total. The number of ether oxygens (including phenoxy) is 1. The summed E-state index contributed by atoms with van der Waals surface area (Å²) < 4.78 is 10.2. The smallest absolute Gasteiger partial charge is 0.374 e. The van der Waals surface area contributed by atoms with E-state index in [2.05, 4.69) is 10.6 Å². The van der Waals surface area contributed by atoms with Crippen molar-refractivity contribution in [3.8, 4) is 0 Å². The van der Waals surface area contributed by atoms with Crippen LogP contribution >= 0.6 is 11.8 Å². The minimum absolute atomic E-state index is 0.0856. The van der Waals surface area contributed by atoms with Crippen LogP contribution in [0.15, 0.2) is 46.9 Å². The van der Waals surface area contributed by atoms with Gasteiger partial charge in [0.15, 0.2) is 0 Å². The minimum atomic E-state index is -0.667. The van der Waals surface area contributed by atoms with Crippen LogP contribution in [0.1, 0.15) is 40.0 Å². The fourth-order valence-corrected chi connectivity index (χ4v) is 2.89. The van der Waals surface area contributed by atoms with Gasteiger partial charge >= 0.3 is 5.97 Å². The molecule has 0 spiro atoms. The number of hydrogen-bond donors (Lipinski definition) is 2. The standard InChI is InChI=1S/C20H24N2O5S/c1-3-26-20(25)17-10-9-15(27-17)13-21-19(24)16(11-12-28-2)22-18(23)14-7-5-4-6-8-14/h4-10,16H,3,11-13H2,1-2H3,(H,21,24)(H,22,23). The van der Waals surface area contributed by atoms with Crippen LogP contribution in [-0.2, 0) is 16.1 Å². The average molecular weight is 404 g/mol. The van der Waals surface area contributed by atoms with Gasteiger partial charge in [-0.1, -0.05) is 18.2 Å². The van der Waals surface area contributed by atoms with E-state index in [0.717, 1.165) is 5.75 Å². The fourth-order valence-electron chi connectivity index (χ4n) is 2.42. The zero-order valence-electron chi connectivity index (χ0n) is 15.9. The molecule has 1 aromatic carbocycles. The largest absolute Gasteiger partial charge is 0.460 e. The quantitative estimate of drug-likeness (QED) is 0.591. The monoisotopic (exact) mass is 404 g/mol. The molecule has 28 heavy (non-hydrogen) atoms. The van der Waals surface area contributed by atoms with E-state index in [1.165, 1.54) is 6.07 Å². The van der Waals surface area contributed by atoms with Gasteiger partial charge in [-0.2, -0.15) is 11.8 Å². The van der Waals surface area contributed by atoms with Gasteiger partial charge in [-0.05, 0) is 49.6 Å². The number of hydrogen-bond acceptors (Lipinski definition) is 6. The van der Waals surface area contributed by atoms with Crippen LogP contribution in [0.4, 0.5) is 0 Å². The number of amides is 2. The average Bonchev–Trinajstić information content (AvgIpc) is 3.19. The lowest BCUT2D eigenvalue weighted by atomic mass is 10.1. The molecule has 0 radical (unpaired) electrons. The van der Waals surface area contributed by atoms with Crippen molar-refractivity contribution in [2.24, 2.45) is 0 Å². The zero-order valence-corrected chi connectivity index (χ0v) is 16.7. The van der Waals surface area contributed by atoms with Gasteiger partial charge in [0.2, 0.25) is 11.7 Å². The van der Waals surface area contributed by atoms with E-state index in [-0.39, 0.29) is 30.7 Å². The van der Waals surface area contributed by atoms with Crippen LogP contribution in [0, 0.1) is 0 Å². The summed E-state index contributed by atoms with van der Waals surface area (Å²) >= 11 is 1.59. The second-order valence-electron chi connectivity index (χ2n) is 5.88. The Hall–Kier alpha value is -2.74. The normalized spacial score (nSPS) is 11.5. The van der Waals surface area contributed by atoms with Crippen LogP contribution in [0.2, 0.25) is 0 Å². The predicted molar refractivity (Wildman–Crippen MR) is 107 cm³/mol. The summed E-state index contributed by atoms with van der Waals surface area (Å²) in [6, 6.07) is 11.2. The van der Waals surface area contributed by atoms with Gasteiger partial charge in [-0.25, -0.2) is 4.79 Å². The highest BCUT2D eigenvalue weighted by Gasteiger charge is 2.21. The number of esters is 1. The summed E-state index contributed by atoms with van der Waals surface area (Å²) in [5, 5.41) is 5.52. The third kappa shape index (κ3) is 6.45. The highest BCUT2D eigenvalue weighted by atomic mass is 32.2. The van der Waals surface area contributed by atoms with E-state index >= 15 is 0 Å². The van der Waals surface area contributed by atoms with Crippen molar-refractivity contribution in [2.45, 2.75) is 25.9 Å². The summed E-state index contributed by atoms with van der Waals surface area (Å²) in [6.45, 7) is 2.07. The van der Waals surface area contributed by atoms with Crippen molar-refractivity contribution in [1.29, 1.82) is 0 Å². The second-order valence-corrected chi connectivity index (χ2v) is 6.86. The molecule has 2 rings (SSSR count). The minimum Gasteiger partial charge on any atom is -0.460 e. The molecular weight excluding hydrogens is 380 g/mol. The Morgan fingerprint density at radius 2 is 1.89 bits per heavy atom. The van der Waals surface area contributed by atoms with Crippen LogP contribution in [0.25, 0.3) is 0 Å². The molecule has 1 unspecified atom stereocenters. The molecular formula is C20H24N2O5S. The lowest BCUT2D eigenvalue weighted by molar-refractivity contribution is -0.123. The number of carbonyl (C=O) groups excluding carboxylic acids is 3. The first kappa shape index (κ1) is 21.6. The molecule has 2 amide bonds. The summed E-state index contributed by atoms with van der Waals surface area (Å²) in [4.78, 5) is 36.6. The number of furan rings is 1. The van der Waals surface area contributed by atoms with E-state index in [9.17, 15) is 14.4 Å². The van der Waals surface area contributed by atoms with E-state index in [4.69, 9.17) is 9.15 Å². The Kier molecular flexibility index (Phi) is 8.61. The molecule has 2 aromatic rings. The molecule has 0 aliphatic heterocycles. The molecule has 0 fully saturated rings. The Morgan fingerprint density at radius 1 is 1.14 bits per heavy atom. The summed E-state index contributed by atoms with van der Waals surface area (Å²) in [6.07, 6.45) is 2.44. The topological polar surface area (TPSA) is 97.6 Å². The number of nitrogens with one attached hydrogen (secondary N) is 2. The Labute approximate surface area is 168 Å². The lowest BCUT2D eigenvalue weighted by Crippen LogP contribution is -2.46. The Balaban J connectivity index is 1.95. The molecule has 7 nitrogen and oxygen atoms in total. The molecule has 0 saturated heterocycles. The van der Waals surface area contributed by atoms with Crippen LogP contribution in [0.5, 0.6) is 0 Å². The van der Waals surface area contributed by atoms with Gasteiger partial charge in [0.25, 0.3) is 5.91 Å². The second kappa shape index (κ2) is 11.2. The number of carbonyl (C=O) groups is 3. The van der Waals surface area contributed by atoms with E-state index in [1.807, 2.05) is 12.3 Å². The molecule has 150 valence electrons. The molecule has 1 atom stereocenters. The van der Waals surface area contributed by atoms with Gasteiger partial charge in [0.05, 0.1) is 13.2 Å². The first-order valence-electron chi connectivity index (χ1n) is 8.93. The van der Waals surface area contributed by atoms with Gasteiger partial charge in [-0.15, -0.1) is 0 Å². The highest BCUT2D eigenvalue weighted by Crippen LogP contribution is 2.10. The van der Waals surface area contributed by atoms with Gasteiger partial charge < -0.3 is 19.8 Å². The Bertz CT molecular complexity index is 791.